The van der Waals surface area contributed by atoms with Gasteiger partial charge in [0.1, 0.15) is 0 Å². The summed E-state index contributed by atoms with van der Waals surface area (Å²) in [6.45, 7) is 11.9. The van der Waals surface area contributed by atoms with E-state index in [1.54, 1.807) is 0 Å². The van der Waals surface area contributed by atoms with Crippen LogP contribution in [0.2, 0.25) is 0 Å². The zero-order valence-electron chi connectivity index (χ0n) is 37.6. The Morgan fingerprint density at radius 2 is 0.969 bits per heavy atom. The topological polar surface area (TPSA) is 6.48 Å². The third kappa shape index (κ3) is 5.32. The van der Waals surface area contributed by atoms with Gasteiger partial charge in [-0.05, 0) is 174 Å². The summed E-state index contributed by atoms with van der Waals surface area (Å²) in [6, 6.07) is 58.7. The first-order chi connectivity index (χ1) is 31.3. The maximum absolute atomic E-state index is 2.60. The van der Waals surface area contributed by atoms with Crippen molar-refractivity contribution in [2.45, 2.75) is 77.0 Å². The SMILES string of the molecule is CC1(C)C2=C(c3c4cc(N5CCCc6ccccc65)ccc4c(-c4cccc5c4C(C)(C)c4ccccc4-5)c4cc(N5CCCc6ccccc65)ccc34)CCC=C2c2ccccc21. The second-order valence-electron chi connectivity index (χ2n) is 20.1. The van der Waals surface area contributed by atoms with E-state index in [1.807, 2.05) is 0 Å². The maximum atomic E-state index is 2.60. The molecule has 0 radical (unpaired) electrons. The normalized spacial score (nSPS) is 17.7. The maximum Gasteiger partial charge on any atom is 0.0443 e. The molecule has 0 aromatic heterocycles. The molecule has 0 atom stereocenters. The number of hydrogen-bond acceptors (Lipinski definition) is 2. The molecule has 3 aliphatic carbocycles. The summed E-state index contributed by atoms with van der Waals surface area (Å²) in [7, 11) is 0. The lowest BCUT2D eigenvalue weighted by Crippen LogP contribution is -2.24. The first-order valence-corrected chi connectivity index (χ1v) is 23.8. The van der Waals surface area contributed by atoms with E-state index in [0.717, 1.165) is 51.6 Å². The van der Waals surface area contributed by atoms with Crippen LogP contribution >= 0.6 is 0 Å². The second-order valence-corrected chi connectivity index (χ2v) is 20.1. The molecule has 8 aromatic rings. The fraction of sp³-hybridized carbons (Fsp3) is 0.226. The van der Waals surface area contributed by atoms with Crippen LogP contribution in [-0.2, 0) is 23.7 Å². The Labute approximate surface area is 378 Å². The van der Waals surface area contributed by atoms with Gasteiger partial charge < -0.3 is 9.80 Å². The molecule has 2 heteroatoms. The van der Waals surface area contributed by atoms with E-state index in [0.29, 0.717) is 0 Å². The third-order valence-corrected chi connectivity index (χ3v) is 15.9. The Hall–Kier alpha value is -6.64. The van der Waals surface area contributed by atoms with Crippen molar-refractivity contribution in [1.29, 1.82) is 0 Å². The summed E-state index contributed by atoms with van der Waals surface area (Å²) in [5.74, 6) is 0. The van der Waals surface area contributed by atoms with Gasteiger partial charge in [-0.2, -0.15) is 0 Å². The molecule has 5 aliphatic rings. The minimum absolute atomic E-state index is 0.133. The number of fused-ring (bicyclic) bond motifs is 10. The van der Waals surface area contributed by atoms with E-state index in [2.05, 4.69) is 195 Å². The van der Waals surface area contributed by atoms with Crippen LogP contribution in [-0.4, -0.2) is 13.1 Å². The highest BCUT2D eigenvalue weighted by molar-refractivity contribution is 6.22. The van der Waals surface area contributed by atoms with Gasteiger partial charge in [0.25, 0.3) is 0 Å². The van der Waals surface area contributed by atoms with E-state index < -0.39 is 0 Å². The van der Waals surface area contributed by atoms with Crippen LogP contribution in [0.25, 0.3) is 54.9 Å². The second kappa shape index (κ2) is 13.9. The molecule has 0 spiro atoms. The number of benzene rings is 8. The Morgan fingerprint density at radius 3 is 1.64 bits per heavy atom. The van der Waals surface area contributed by atoms with Crippen molar-refractivity contribution in [1.82, 2.24) is 0 Å². The summed E-state index contributed by atoms with van der Waals surface area (Å²) >= 11 is 0. The number of nitrogens with zero attached hydrogens (tertiary/aromatic N) is 2. The molecule has 2 nitrogen and oxygen atoms in total. The molecule has 0 fully saturated rings. The summed E-state index contributed by atoms with van der Waals surface area (Å²) in [5, 5.41) is 5.40. The summed E-state index contributed by atoms with van der Waals surface area (Å²) in [6.07, 6.45) is 9.13. The van der Waals surface area contributed by atoms with Crippen molar-refractivity contribution >= 4 is 55.4 Å². The fourth-order valence-electron chi connectivity index (χ4n) is 13.2. The van der Waals surface area contributed by atoms with Crippen molar-refractivity contribution in [3.63, 3.8) is 0 Å². The van der Waals surface area contributed by atoms with Crippen molar-refractivity contribution in [3.8, 4) is 22.3 Å². The fourth-order valence-corrected chi connectivity index (χ4v) is 13.2. The van der Waals surface area contributed by atoms with Crippen LogP contribution in [0, 0.1) is 0 Å². The van der Waals surface area contributed by atoms with Crippen molar-refractivity contribution in [3.05, 3.63) is 202 Å². The van der Waals surface area contributed by atoms with Crippen LogP contribution in [0.15, 0.2) is 163 Å². The predicted molar refractivity (Wildman–Crippen MR) is 272 cm³/mol. The zero-order chi connectivity index (χ0) is 42.9. The highest BCUT2D eigenvalue weighted by Gasteiger charge is 2.42. The zero-order valence-corrected chi connectivity index (χ0v) is 37.6. The average Bonchev–Trinajstić information content (AvgIpc) is 3.72. The van der Waals surface area contributed by atoms with Gasteiger partial charge in [-0.1, -0.05) is 149 Å². The van der Waals surface area contributed by atoms with Gasteiger partial charge in [0.05, 0.1) is 0 Å². The molecule has 0 saturated carbocycles. The van der Waals surface area contributed by atoms with Gasteiger partial charge in [-0.3, -0.25) is 0 Å². The number of anilines is 4. The van der Waals surface area contributed by atoms with Crippen molar-refractivity contribution in [2.75, 3.05) is 22.9 Å². The standard InChI is InChI=1S/C62H54N2/c1-61(2)53-27-9-7-21-43(53)47-23-13-25-49(59(47)61)57-45-33-31-42(64-36-16-20-40-18-6-12-30-56(40)64)38-52(45)58(50-26-14-24-48-44-22-8-10-28-54(44)62(3,4)60(48)50)46-34-32-41(37-51(46)57)63-35-15-19-39-17-5-11-29-55(39)63/h5-13,17-18,21-25,27-34,37-38H,14-16,19-20,26,35-36H2,1-4H3. The van der Waals surface area contributed by atoms with Crippen LogP contribution in [0.3, 0.4) is 0 Å². The Kier molecular flexibility index (Phi) is 8.24. The molecule has 0 unspecified atom stereocenters. The Bertz CT molecular complexity index is 3350. The molecule has 2 aliphatic heterocycles. The smallest absolute Gasteiger partial charge is 0.0443 e. The van der Waals surface area contributed by atoms with E-state index >= 15 is 0 Å². The molecule has 0 amide bonds. The molecule has 8 aromatic carbocycles. The van der Waals surface area contributed by atoms with Crippen LogP contribution in [0.5, 0.6) is 0 Å². The molecule has 0 bridgehead atoms. The monoisotopic (exact) mass is 826 g/mol. The highest BCUT2D eigenvalue weighted by Crippen LogP contribution is 2.59. The summed E-state index contributed by atoms with van der Waals surface area (Å²) in [4.78, 5) is 5.19. The first kappa shape index (κ1) is 37.9. The highest BCUT2D eigenvalue weighted by atomic mass is 15.1. The number of allylic oxidation sites excluding steroid dienone is 4. The lowest BCUT2D eigenvalue weighted by Gasteiger charge is -2.34. The molecular weight excluding hydrogens is 773 g/mol. The molecule has 0 N–H and O–H groups in total. The van der Waals surface area contributed by atoms with Gasteiger partial charge in [0.15, 0.2) is 0 Å². The molecule has 64 heavy (non-hydrogen) atoms. The number of rotatable bonds is 4. The van der Waals surface area contributed by atoms with Crippen LogP contribution in [0.1, 0.15) is 92.3 Å². The molecule has 2 heterocycles. The number of hydrogen-bond donors (Lipinski definition) is 0. The average molecular weight is 827 g/mol. The van der Waals surface area contributed by atoms with E-state index in [9.17, 15) is 0 Å². The lowest BCUT2D eigenvalue weighted by atomic mass is 9.73. The van der Waals surface area contributed by atoms with Gasteiger partial charge >= 0.3 is 0 Å². The lowest BCUT2D eigenvalue weighted by molar-refractivity contribution is 0.658. The number of para-hydroxylation sites is 2. The Morgan fingerprint density at radius 1 is 0.438 bits per heavy atom. The quantitative estimate of drug-likeness (QED) is 0.163. The van der Waals surface area contributed by atoms with E-state index in [1.165, 1.54) is 122 Å². The van der Waals surface area contributed by atoms with Gasteiger partial charge in [-0.15, -0.1) is 0 Å². The van der Waals surface area contributed by atoms with Gasteiger partial charge in [-0.25, -0.2) is 0 Å². The van der Waals surface area contributed by atoms with Gasteiger partial charge in [0.2, 0.25) is 0 Å². The van der Waals surface area contributed by atoms with Crippen molar-refractivity contribution in [2.24, 2.45) is 0 Å². The molecule has 13 rings (SSSR count). The Balaban J connectivity index is 1.17. The minimum atomic E-state index is -0.173. The predicted octanol–water partition coefficient (Wildman–Crippen LogP) is 16.1. The third-order valence-electron chi connectivity index (χ3n) is 15.9. The molecule has 312 valence electrons. The molecular formula is C62H54N2. The largest absolute Gasteiger partial charge is 0.341 e. The van der Waals surface area contributed by atoms with Crippen molar-refractivity contribution < 1.29 is 0 Å². The van der Waals surface area contributed by atoms with Crippen LogP contribution in [0.4, 0.5) is 22.7 Å². The van der Waals surface area contributed by atoms with Crippen LogP contribution < -0.4 is 9.80 Å². The van der Waals surface area contributed by atoms with E-state index in [4.69, 9.17) is 0 Å². The van der Waals surface area contributed by atoms with Gasteiger partial charge in [0, 0.05) is 46.7 Å². The summed E-state index contributed by atoms with van der Waals surface area (Å²) in [5.41, 5.74) is 24.8. The number of aryl methyl sites for hydroxylation is 2. The first-order valence-electron chi connectivity index (χ1n) is 23.8. The molecule has 0 saturated heterocycles. The summed E-state index contributed by atoms with van der Waals surface area (Å²) < 4.78 is 0. The van der Waals surface area contributed by atoms with E-state index in [-0.39, 0.29) is 10.8 Å². The minimum Gasteiger partial charge on any atom is -0.341 e.